The number of carbonyl (C=O) groups is 1. The summed E-state index contributed by atoms with van der Waals surface area (Å²) in [6, 6.07) is 3.48. The van der Waals surface area contributed by atoms with Gasteiger partial charge >= 0.3 is 5.97 Å². The first-order chi connectivity index (χ1) is 7.04. The smallest absolute Gasteiger partial charge is 0.330 e. The molecule has 0 saturated heterocycles. The Morgan fingerprint density at radius 3 is 2.80 bits per heavy atom. The molecular weight excluding hydrogens is 214 g/mol. The largest absolute Gasteiger partial charge is 0.466 e. The minimum atomic E-state index is -0.401. The summed E-state index contributed by atoms with van der Waals surface area (Å²) in [5, 5.41) is 0.477. The molecule has 0 aliphatic carbocycles. The molecule has 0 aromatic heterocycles. The maximum atomic E-state index is 10.9. The van der Waals surface area contributed by atoms with Crippen molar-refractivity contribution >= 4 is 29.3 Å². The third-order valence-electron chi connectivity index (χ3n) is 1.99. The van der Waals surface area contributed by atoms with E-state index in [1.54, 1.807) is 18.2 Å². The SMILES string of the molecule is COC(=O)C=Cc1cc(Cl)c(N)cc1C. The summed E-state index contributed by atoms with van der Waals surface area (Å²) in [4.78, 5) is 10.9. The van der Waals surface area contributed by atoms with Crippen LogP contribution in [-0.2, 0) is 9.53 Å². The average Bonchev–Trinajstić information content (AvgIpc) is 2.21. The van der Waals surface area contributed by atoms with Crippen molar-refractivity contribution in [1.82, 2.24) is 0 Å². The number of anilines is 1. The van der Waals surface area contributed by atoms with Gasteiger partial charge in [0.25, 0.3) is 0 Å². The van der Waals surface area contributed by atoms with Gasteiger partial charge in [0, 0.05) is 6.08 Å². The number of benzene rings is 1. The van der Waals surface area contributed by atoms with Crippen molar-refractivity contribution in [2.24, 2.45) is 0 Å². The lowest BCUT2D eigenvalue weighted by molar-refractivity contribution is -0.134. The van der Waals surface area contributed by atoms with E-state index in [1.807, 2.05) is 6.92 Å². The zero-order valence-electron chi connectivity index (χ0n) is 8.58. The topological polar surface area (TPSA) is 52.3 Å². The molecule has 0 aliphatic rings. The second-order valence-corrected chi connectivity index (χ2v) is 3.49. The number of carbonyl (C=O) groups excluding carboxylic acids is 1. The Morgan fingerprint density at radius 2 is 2.20 bits per heavy atom. The van der Waals surface area contributed by atoms with E-state index < -0.39 is 5.97 Å². The van der Waals surface area contributed by atoms with Gasteiger partial charge in [0.05, 0.1) is 17.8 Å². The van der Waals surface area contributed by atoms with Crippen molar-refractivity contribution < 1.29 is 9.53 Å². The summed E-state index contributed by atoms with van der Waals surface area (Å²) in [5.74, 6) is -0.401. The zero-order chi connectivity index (χ0) is 11.4. The van der Waals surface area contributed by atoms with E-state index in [1.165, 1.54) is 13.2 Å². The quantitative estimate of drug-likeness (QED) is 0.478. The van der Waals surface area contributed by atoms with Gasteiger partial charge in [-0.2, -0.15) is 0 Å². The molecular formula is C11H12ClNO2. The van der Waals surface area contributed by atoms with E-state index in [4.69, 9.17) is 17.3 Å². The number of ether oxygens (including phenoxy) is 1. The highest BCUT2D eigenvalue weighted by molar-refractivity contribution is 6.33. The molecule has 1 aromatic carbocycles. The summed E-state index contributed by atoms with van der Waals surface area (Å²) in [6.45, 7) is 1.89. The monoisotopic (exact) mass is 225 g/mol. The number of methoxy groups -OCH3 is 1. The van der Waals surface area contributed by atoms with Crippen molar-refractivity contribution in [3.8, 4) is 0 Å². The van der Waals surface area contributed by atoms with Crippen LogP contribution in [0.25, 0.3) is 6.08 Å². The average molecular weight is 226 g/mol. The molecule has 0 aliphatic heterocycles. The van der Waals surface area contributed by atoms with Crippen LogP contribution in [0.2, 0.25) is 5.02 Å². The summed E-state index contributed by atoms with van der Waals surface area (Å²) >= 11 is 5.86. The molecule has 3 nitrogen and oxygen atoms in total. The van der Waals surface area contributed by atoms with Crippen LogP contribution in [0.15, 0.2) is 18.2 Å². The van der Waals surface area contributed by atoms with E-state index in [0.717, 1.165) is 11.1 Å². The molecule has 0 atom stereocenters. The van der Waals surface area contributed by atoms with Gasteiger partial charge in [-0.1, -0.05) is 11.6 Å². The van der Waals surface area contributed by atoms with Gasteiger partial charge in [0.2, 0.25) is 0 Å². The fourth-order valence-corrected chi connectivity index (χ4v) is 1.30. The molecule has 0 fully saturated rings. The second-order valence-electron chi connectivity index (χ2n) is 3.09. The number of aryl methyl sites for hydroxylation is 1. The first-order valence-electron chi connectivity index (χ1n) is 4.36. The Balaban J connectivity index is 3.00. The molecule has 0 bridgehead atoms. The Hall–Kier alpha value is -1.48. The van der Waals surface area contributed by atoms with Gasteiger partial charge in [-0.3, -0.25) is 0 Å². The number of rotatable bonds is 2. The summed E-state index contributed by atoms with van der Waals surface area (Å²) in [7, 11) is 1.33. The highest BCUT2D eigenvalue weighted by atomic mass is 35.5. The van der Waals surface area contributed by atoms with Crippen LogP contribution >= 0.6 is 11.6 Å². The van der Waals surface area contributed by atoms with Crippen LogP contribution in [-0.4, -0.2) is 13.1 Å². The van der Waals surface area contributed by atoms with Gasteiger partial charge < -0.3 is 10.5 Å². The molecule has 0 spiro atoms. The number of nitrogens with two attached hydrogens (primary N) is 1. The van der Waals surface area contributed by atoms with Crippen LogP contribution in [0.4, 0.5) is 5.69 Å². The van der Waals surface area contributed by atoms with Gasteiger partial charge in [-0.15, -0.1) is 0 Å². The molecule has 0 amide bonds. The molecule has 4 heteroatoms. The molecule has 0 unspecified atom stereocenters. The zero-order valence-corrected chi connectivity index (χ0v) is 9.34. The van der Waals surface area contributed by atoms with E-state index in [0.29, 0.717) is 10.7 Å². The first kappa shape index (κ1) is 11.6. The van der Waals surface area contributed by atoms with Crippen molar-refractivity contribution in [3.63, 3.8) is 0 Å². The second kappa shape index (κ2) is 4.84. The molecule has 0 heterocycles. The lowest BCUT2D eigenvalue weighted by atomic mass is 10.1. The molecule has 80 valence electrons. The fourth-order valence-electron chi connectivity index (χ4n) is 1.12. The van der Waals surface area contributed by atoms with Crippen LogP contribution in [0.3, 0.4) is 0 Å². The van der Waals surface area contributed by atoms with Crippen LogP contribution < -0.4 is 5.73 Å². The predicted molar refractivity (Wildman–Crippen MR) is 61.7 cm³/mol. The predicted octanol–water partition coefficient (Wildman–Crippen LogP) is 2.42. The van der Waals surface area contributed by atoms with E-state index in [2.05, 4.69) is 4.74 Å². The lowest BCUT2D eigenvalue weighted by Crippen LogP contribution is -1.94. The van der Waals surface area contributed by atoms with Gasteiger partial charge in [-0.25, -0.2) is 4.79 Å². The fraction of sp³-hybridized carbons (Fsp3) is 0.182. The lowest BCUT2D eigenvalue weighted by Gasteiger charge is -2.04. The molecule has 0 saturated carbocycles. The normalized spacial score (nSPS) is 10.6. The van der Waals surface area contributed by atoms with Gasteiger partial charge in [-0.05, 0) is 36.3 Å². The Labute approximate surface area is 93.5 Å². The van der Waals surface area contributed by atoms with Crippen molar-refractivity contribution in [2.75, 3.05) is 12.8 Å². The third-order valence-corrected chi connectivity index (χ3v) is 2.31. The number of esters is 1. The Kier molecular flexibility index (Phi) is 3.74. The van der Waals surface area contributed by atoms with E-state index in [-0.39, 0.29) is 0 Å². The van der Waals surface area contributed by atoms with Crippen molar-refractivity contribution in [3.05, 3.63) is 34.4 Å². The van der Waals surface area contributed by atoms with Crippen molar-refractivity contribution in [2.45, 2.75) is 6.92 Å². The van der Waals surface area contributed by atoms with Crippen molar-refractivity contribution in [1.29, 1.82) is 0 Å². The highest BCUT2D eigenvalue weighted by Gasteiger charge is 2.01. The first-order valence-corrected chi connectivity index (χ1v) is 4.74. The maximum Gasteiger partial charge on any atom is 0.330 e. The van der Waals surface area contributed by atoms with Gasteiger partial charge in [0.15, 0.2) is 0 Å². The molecule has 1 rings (SSSR count). The third kappa shape index (κ3) is 2.99. The minimum absolute atomic E-state index is 0.401. The van der Waals surface area contributed by atoms with Gasteiger partial charge in [0.1, 0.15) is 0 Å². The standard InChI is InChI=1S/C11H12ClNO2/c1-7-5-10(13)9(12)6-8(7)3-4-11(14)15-2/h3-6H,13H2,1-2H3. The number of nitrogen functional groups attached to an aromatic ring is 1. The molecule has 15 heavy (non-hydrogen) atoms. The molecule has 0 radical (unpaired) electrons. The molecule has 2 N–H and O–H groups in total. The highest BCUT2D eigenvalue weighted by Crippen LogP contribution is 2.23. The van der Waals surface area contributed by atoms with Crippen LogP contribution in [0.1, 0.15) is 11.1 Å². The number of hydrogen-bond donors (Lipinski definition) is 1. The summed E-state index contributed by atoms with van der Waals surface area (Å²) in [5.41, 5.74) is 7.96. The Morgan fingerprint density at radius 1 is 1.53 bits per heavy atom. The van der Waals surface area contributed by atoms with Crippen LogP contribution in [0, 0.1) is 6.92 Å². The Bertz CT molecular complexity index is 413. The van der Waals surface area contributed by atoms with E-state index in [9.17, 15) is 4.79 Å². The number of hydrogen-bond acceptors (Lipinski definition) is 3. The molecule has 1 aromatic rings. The minimum Gasteiger partial charge on any atom is -0.466 e. The number of halogens is 1. The summed E-state index contributed by atoms with van der Waals surface area (Å²) in [6.07, 6.45) is 2.99. The summed E-state index contributed by atoms with van der Waals surface area (Å²) < 4.78 is 4.48. The van der Waals surface area contributed by atoms with Crippen LogP contribution in [0.5, 0.6) is 0 Å². The van der Waals surface area contributed by atoms with E-state index >= 15 is 0 Å². The maximum absolute atomic E-state index is 10.9.